The van der Waals surface area contributed by atoms with Crippen LogP contribution in [-0.4, -0.2) is 69.8 Å². The van der Waals surface area contributed by atoms with Crippen LogP contribution in [0.4, 0.5) is 23.2 Å². The van der Waals surface area contributed by atoms with Gasteiger partial charge in [-0.25, -0.2) is 13.8 Å². The number of carboxylic acids is 1. The number of carbonyl (C=O) groups is 1. The third-order valence-electron chi connectivity index (χ3n) is 3.78. The second-order valence-electron chi connectivity index (χ2n) is 5.95. The van der Waals surface area contributed by atoms with Crippen LogP contribution in [0.3, 0.4) is 0 Å². The molecule has 0 spiro atoms. The molecule has 0 unspecified atom stereocenters. The zero-order valence-corrected chi connectivity index (χ0v) is 16.3. The zero-order chi connectivity index (χ0) is 23.0. The highest BCUT2D eigenvalue weighted by atomic mass is 35.5. The Bertz CT molecular complexity index is 918. The Morgan fingerprint density at radius 3 is 2.48 bits per heavy atom. The summed E-state index contributed by atoms with van der Waals surface area (Å²) in [5.74, 6) is -3.27. The molecule has 31 heavy (non-hydrogen) atoms. The number of nitrogens with one attached hydrogen (secondary N) is 1. The van der Waals surface area contributed by atoms with Crippen LogP contribution in [0.15, 0.2) is 28.0 Å². The molecule has 1 aliphatic rings. The van der Waals surface area contributed by atoms with Gasteiger partial charge in [-0.3, -0.25) is 4.90 Å². The molecular weight excluding hydrogens is 454 g/mol. The Morgan fingerprint density at radius 1 is 1.29 bits per heavy atom. The highest BCUT2D eigenvalue weighted by molar-refractivity contribution is 6.31. The second-order valence-corrected chi connectivity index (χ2v) is 6.36. The predicted molar refractivity (Wildman–Crippen MR) is 97.4 cm³/mol. The molecule has 2 aromatic rings. The van der Waals surface area contributed by atoms with E-state index in [9.17, 15) is 22.8 Å². The number of halogens is 5. The molecule has 0 radical (unpaired) electrons. The van der Waals surface area contributed by atoms with Gasteiger partial charge in [0, 0.05) is 25.3 Å². The minimum atomic E-state index is -5.08. The molecule has 15 heteroatoms. The van der Waals surface area contributed by atoms with Crippen molar-refractivity contribution in [1.29, 1.82) is 0 Å². The van der Waals surface area contributed by atoms with Crippen molar-refractivity contribution >= 4 is 29.1 Å². The van der Waals surface area contributed by atoms with Crippen molar-refractivity contribution in [2.24, 2.45) is 5.16 Å². The van der Waals surface area contributed by atoms with E-state index in [0.717, 1.165) is 13.1 Å². The largest absolute Gasteiger partial charge is 0.490 e. The maximum atomic E-state index is 13.2. The number of oxime groups is 1. The molecule has 1 saturated heterocycles. The van der Waals surface area contributed by atoms with Gasteiger partial charge in [0.05, 0.1) is 18.2 Å². The molecule has 1 fully saturated rings. The van der Waals surface area contributed by atoms with Crippen LogP contribution < -0.4 is 5.32 Å². The molecule has 3 rings (SSSR count). The first kappa shape index (κ1) is 24.3. The van der Waals surface area contributed by atoms with Crippen molar-refractivity contribution in [2.75, 3.05) is 31.6 Å². The van der Waals surface area contributed by atoms with Crippen LogP contribution in [-0.2, 0) is 16.1 Å². The molecular formula is C16H16ClF4N5O5. The number of morpholine rings is 1. The average molecular weight is 470 g/mol. The van der Waals surface area contributed by atoms with Gasteiger partial charge in [0.1, 0.15) is 11.5 Å². The summed E-state index contributed by atoms with van der Waals surface area (Å²) in [6.07, 6.45) is -5.08. The number of rotatable bonds is 4. The van der Waals surface area contributed by atoms with Crippen molar-refractivity contribution in [1.82, 2.24) is 15.2 Å². The Morgan fingerprint density at radius 2 is 1.94 bits per heavy atom. The predicted octanol–water partition coefficient (Wildman–Crippen LogP) is 2.58. The van der Waals surface area contributed by atoms with Gasteiger partial charge < -0.3 is 20.4 Å². The summed E-state index contributed by atoms with van der Waals surface area (Å²) in [4.78, 5) is 11.0. The molecule has 0 saturated carbocycles. The van der Waals surface area contributed by atoms with E-state index in [4.69, 9.17) is 30.9 Å². The Hall–Kier alpha value is -2.97. The van der Waals surface area contributed by atoms with E-state index in [1.54, 1.807) is 0 Å². The Labute approximate surface area is 177 Å². The molecule has 3 N–H and O–H groups in total. The van der Waals surface area contributed by atoms with Crippen molar-refractivity contribution < 1.29 is 42.0 Å². The first-order valence-corrected chi connectivity index (χ1v) is 8.85. The molecule has 1 aliphatic heterocycles. The number of hydrogen-bond acceptors (Lipinski definition) is 8. The van der Waals surface area contributed by atoms with E-state index in [1.165, 1.54) is 18.2 Å². The van der Waals surface area contributed by atoms with E-state index in [1.807, 2.05) is 0 Å². The molecule has 2 heterocycles. The summed E-state index contributed by atoms with van der Waals surface area (Å²) in [5, 5.41) is 30.0. The number of aromatic nitrogens is 2. The number of amidine groups is 1. The summed E-state index contributed by atoms with van der Waals surface area (Å²) >= 11 is 5.74. The monoisotopic (exact) mass is 469 g/mol. The number of hydrogen-bond donors (Lipinski definition) is 3. The SMILES string of the molecule is O/N=C(/Nc1ccc(F)c(Cl)c1)c1nonc1CN1CCOCC1.O=C(O)C(F)(F)F. The van der Waals surface area contributed by atoms with E-state index in [-0.39, 0.29) is 16.6 Å². The van der Waals surface area contributed by atoms with Gasteiger partial charge >= 0.3 is 12.1 Å². The molecule has 1 aromatic carbocycles. The van der Waals surface area contributed by atoms with E-state index >= 15 is 0 Å². The maximum Gasteiger partial charge on any atom is 0.490 e. The fraction of sp³-hybridized carbons (Fsp3) is 0.375. The third-order valence-corrected chi connectivity index (χ3v) is 4.07. The lowest BCUT2D eigenvalue weighted by atomic mass is 10.2. The minimum Gasteiger partial charge on any atom is -0.475 e. The lowest BCUT2D eigenvalue weighted by Crippen LogP contribution is -2.36. The van der Waals surface area contributed by atoms with Gasteiger partial charge in [-0.15, -0.1) is 0 Å². The molecule has 0 bridgehead atoms. The number of carboxylic acid groups (broad SMARTS) is 1. The van der Waals surface area contributed by atoms with E-state index < -0.39 is 18.0 Å². The first-order valence-electron chi connectivity index (χ1n) is 8.48. The average Bonchev–Trinajstić information content (AvgIpc) is 3.17. The number of anilines is 1. The lowest BCUT2D eigenvalue weighted by Gasteiger charge is -2.25. The highest BCUT2D eigenvalue weighted by Crippen LogP contribution is 2.20. The fourth-order valence-electron chi connectivity index (χ4n) is 2.30. The maximum absolute atomic E-state index is 13.2. The summed E-state index contributed by atoms with van der Waals surface area (Å²) in [6, 6.07) is 4.04. The number of aliphatic carboxylic acids is 1. The topological polar surface area (TPSA) is 133 Å². The van der Waals surface area contributed by atoms with Crippen LogP contribution in [0.5, 0.6) is 0 Å². The standard InChI is InChI=1S/C14H15ClFN5O3.C2HF3O2/c15-10-7-9(1-2-11(10)16)17-14(18-22)13-12(19-24-20-13)8-21-3-5-23-6-4-21;3-2(4,5)1(6)7/h1-2,7,22H,3-6,8H2,(H,17,18);(H,6,7). The van der Waals surface area contributed by atoms with E-state index in [0.29, 0.717) is 31.1 Å². The summed E-state index contributed by atoms with van der Waals surface area (Å²) in [5.41, 5.74) is 1.23. The van der Waals surface area contributed by atoms with Gasteiger partial charge in [0.2, 0.25) is 5.84 Å². The summed E-state index contributed by atoms with van der Waals surface area (Å²) < 4.78 is 55.0. The van der Waals surface area contributed by atoms with E-state index in [2.05, 4.69) is 25.7 Å². The number of benzene rings is 1. The lowest BCUT2D eigenvalue weighted by molar-refractivity contribution is -0.192. The molecule has 170 valence electrons. The second kappa shape index (κ2) is 10.9. The van der Waals surface area contributed by atoms with Crippen LogP contribution in [0, 0.1) is 5.82 Å². The number of alkyl halides is 3. The van der Waals surface area contributed by atoms with Crippen LogP contribution >= 0.6 is 11.6 Å². The van der Waals surface area contributed by atoms with Gasteiger partial charge in [-0.05, 0) is 23.4 Å². The fourth-order valence-corrected chi connectivity index (χ4v) is 2.48. The quantitative estimate of drug-likeness (QED) is 0.203. The summed E-state index contributed by atoms with van der Waals surface area (Å²) in [6.45, 7) is 3.30. The normalized spacial score (nSPS) is 15.2. The van der Waals surface area contributed by atoms with Gasteiger partial charge in [0.15, 0.2) is 5.69 Å². The summed E-state index contributed by atoms with van der Waals surface area (Å²) in [7, 11) is 0. The molecule has 10 nitrogen and oxygen atoms in total. The number of ether oxygens (including phenoxy) is 1. The molecule has 0 aliphatic carbocycles. The molecule has 0 atom stereocenters. The Balaban J connectivity index is 0.000000423. The van der Waals surface area contributed by atoms with Crippen molar-refractivity contribution in [3.05, 3.63) is 40.4 Å². The van der Waals surface area contributed by atoms with Crippen LogP contribution in [0.25, 0.3) is 0 Å². The van der Waals surface area contributed by atoms with Gasteiger partial charge in [0.25, 0.3) is 0 Å². The smallest absolute Gasteiger partial charge is 0.475 e. The van der Waals surface area contributed by atoms with Crippen LogP contribution in [0.1, 0.15) is 11.4 Å². The number of nitrogens with zero attached hydrogens (tertiary/aromatic N) is 4. The third kappa shape index (κ3) is 7.34. The Kier molecular flexibility index (Phi) is 8.53. The van der Waals surface area contributed by atoms with Crippen LogP contribution in [0.2, 0.25) is 5.02 Å². The van der Waals surface area contributed by atoms with Crippen molar-refractivity contribution in [2.45, 2.75) is 12.7 Å². The first-order chi connectivity index (χ1) is 14.6. The van der Waals surface area contributed by atoms with Gasteiger partial charge in [-0.2, -0.15) is 13.2 Å². The van der Waals surface area contributed by atoms with Gasteiger partial charge in [-0.1, -0.05) is 21.9 Å². The van der Waals surface area contributed by atoms with Crippen molar-refractivity contribution in [3.63, 3.8) is 0 Å². The molecule has 1 aromatic heterocycles. The minimum absolute atomic E-state index is 0.0298. The molecule has 0 amide bonds. The van der Waals surface area contributed by atoms with Crippen molar-refractivity contribution in [3.8, 4) is 0 Å². The zero-order valence-electron chi connectivity index (χ0n) is 15.6. The highest BCUT2D eigenvalue weighted by Gasteiger charge is 2.38.